The predicted molar refractivity (Wildman–Crippen MR) is 116 cm³/mol. The van der Waals surface area contributed by atoms with Gasteiger partial charge in [-0.1, -0.05) is 47.0 Å². The molecule has 2 aromatic rings. The predicted octanol–water partition coefficient (Wildman–Crippen LogP) is 3.16. The van der Waals surface area contributed by atoms with E-state index in [0.29, 0.717) is 30.8 Å². The van der Waals surface area contributed by atoms with Gasteiger partial charge in [0.1, 0.15) is 6.61 Å². The number of ether oxygens (including phenoxy) is 1. The van der Waals surface area contributed by atoms with Crippen LogP contribution < -0.4 is 0 Å². The number of hydrogen-bond acceptors (Lipinski definition) is 5. The summed E-state index contributed by atoms with van der Waals surface area (Å²) in [4.78, 5) is 18.9. The van der Waals surface area contributed by atoms with E-state index >= 15 is 0 Å². The quantitative estimate of drug-likeness (QED) is 0.692. The van der Waals surface area contributed by atoms with Gasteiger partial charge in [-0.05, 0) is 48.2 Å². The highest BCUT2D eigenvalue weighted by atomic mass is 32.2. The van der Waals surface area contributed by atoms with Crippen LogP contribution in [0.2, 0.25) is 0 Å². The number of nitrogens with zero attached hydrogens (tertiary/aromatic N) is 2. The van der Waals surface area contributed by atoms with Crippen molar-refractivity contribution in [2.24, 2.45) is 4.99 Å². The summed E-state index contributed by atoms with van der Waals surface area (Å²) in [6, 6.07) is 15.0. The van der Waals surface area contributed by atoms with Gasteiger partial charge in [-0.15, -0.1) is 0 Å². The van der Waals surface area contributed by atoms with Crippen LogP contribution in [0.4, 0.5) is 0 Å². The lowest BCUT2D eigenvalue weighted by Crippen LogP contribution is -2.36. The first kappa shape index (κ1) is 20.5. The monoisotopic (exact) mass is 423 g/mol. The lowest BCUT2D eigenvalue weighted by Gasteiger charge is -2.28. The number of hydrogen-bond donors (Lipinski definition) is 0. The molecule has 1 amide bonds. The van der Waals surface area contributed by atoms with E-state index in [1.807, 2.05) is 17.0 Å². The number of amides is 1. The third-order valence-electron chi connectivity index (χ3n) is 5.29. The molecule has 1 saturated heterocycles. The van der Waals surface area contributed by atoms with Gasteiger partial charge < -0.3 is 14.2 Å². The first-order valence-corrected chi connectivity index (χ1v) is 11.2. The van der Waals surface area contributed by atoms with Gasteiger partial charge >= 0.3 is 0 Å². The van der Waals surface area contributed by atoms with E-state index in [1.165, 1.54) is 5.57 Å². The summed E-state index contributed by atoms with van der Waals surface area (Å²) in [5, 5.41) is 0. The minimum absolute atomic E-state index is 0.00876. The summed E-state index contributed by atoms with van der Waals surface area (Å²) in [5.74, 6) is 0.676. The van der Waals surface area contributed by atoms with Crippen molar-refractivity contribution in [3.05, 3.63) is 76.4 Å². The molecule has 2 heterocycles. The average molecular weight is 424 g/mol. The van der Waals surface area contributed by atoms with Gasteiger partial charge in [0.05, 0.1) is 6.54 Å². The summed E-state index contributed by atoms with van der Waals surface area (Å²) in [5.41, 5.74) is 4.74. The summed E-state index contributed by atoms with van der Waals surface area (Å²) in [6.07, 6.45) is 3.88. The van der Waals surface area contributed by atoms with Gasteiger partial charge in [0.2, 0.25) is 5.90 Å². The Morgan fingerprint density at radius 3 is 2.40 bits per heavy atom. The van der Waals surface area contributed by atoms with E-state index in [1.54, 1.807) is 24.3 Å². The number of aliphatic imine (C=N–C) groups is 1. The highest BCUT2D eigenvalue weighted by Crippen LogP contribution is 2.22. The van der Waals surface area contributed by atoms with E-state index < -0.39 is 11.1 Å². The Kier molecular flexibility index (Phi) is 6.40. The Morgan fingerprint density at radius 2 is 1.80 bits per heavy atom. The molecule has 2 aliphatic rings. The third-order valence-corrected chi connectivity index (χ3v) is 5.86. The van der Waals surface area contributed by atoms with Crippen LogP contribution in [0.3, 0.4) is 0 Å². The molecule has 1 unspecified atom stereocenters. The Hall–Kier alpha value is -2.77. The van der Waals surface area contributed by atoms with Crippen LogP contribution in [0, 0.1) is 0 Å². The van der Waals surface area contributed by atoms with Crippen LogP contribution in [0.5, 0.6) is 0 Å². The average Bonchev–Trinajstić information content (AvgIpc) is 3.29. The molecule has 0 saturated carbocycles. The number of benzene rings is 2. The maximum atomic E-state index is 12.7. The normalized spacial score (nSPS) is 17.3. The maximum Gasteiger partial charge on any atom is 0.253 e. The topological polar surface area (TPSA) is 82.0 Å². The van der Waals surface area contributed by atoms with Gasteiger partial charge in [-0.2, -0.15) is 0 Å². The molecule has 1 atom stereocenters. The van der Waals surface area contributed by atoms with Crippen molar-refractivity contribution < 1.29 is 18.3 Å². The van der Waals surface area contributed by atoms with Crippen molar-refractivity contribution in [1.82, 2.24) is 4.90 Å². The largest absolute Gasteiger partial charge is 0.772 e. The molecule has 0 spiro atoms. The minimum atomic E-state index is -2.13. The zero-order valence-corrected chi connectivity index (χ0v) is 17.4. The Bertz CT molecular complexity index is 987. The van der Waals surface area contributed by atoms with E-state index in [-0.39, 0.29) is 11.7 Å². The van der Waals surface area contributed by atoms with Crippen LogP contribution >= 0.6 is 0 Å². The van der Waals surface area contributed by atoms with E-state index in [4.69, 9.17) is 4.74 Å². The van der Waals surface area contributed by atoms with Crippen LogP contribution in [0.15, 0.2) is 59.1 Å². The fourth-order valence-electron chi connectivity index (χ4n) is 3.67. The Balaban J connectivity index is 1.34. The van der Waals surface area contributed by atoms with Crippen molar-refractivity contribution in [2.45, 2.75) is 18.6 Å². The number of carbonyl (C=O) groups excluding carboxylic acids is 1. The lowest BCUT2D eigenvalue weighted by atomic mass is 9.99. The molecule has 2 aliphatic heterocycles. The van der Waals surface area contributed by atoms with Gasteiger partial charge in [-0.25, -0.2) is 4.99 Å². The number of rotatable bonds is 5. The van der Waals surface area contributed by atoms with E-state index in [0.717, 1.165) is 36.4 Å². The van der Waals surface area contributed by atoms with Crippen molar-refractivity contribution in [3.8, 4) is 0 Å². The number of carbonyl (C=O) groups is 1. The maximum absolute atomic E-state index is 12.7. The summed E-state index contributed by atoms with van der Waals surface area (Å²) in [6.45, 7) is 2.74. The third kappa shape index (κ3) is 5.04. The molecule has 2 aromatic carbocycles. The molecule has 0 N–H and O–H groups in total. The van der Waals surface area contributed by atoms with Crippen LogP contribution in [-0.2, 0) is 21.6 Å². The lowest BCUT2D eigenvalue weighted by molar-refractivity contribution is 0.0744. The van der Waals surface area contributed by atoms with Crippen LogP contribution in [0.25, 0.3) is 6.08 Å². The van der Waals surface area contributed by atoms with Gasteiger partial charge in [0.15, 0.2) is 0 Å². The standard InChI is InChI=1S/C23H24N2O4S/c26-23(21-7-3-19(4-8-21)16-30(27)28)25-12-9-18(10-13-25)15-17-1-5-20(6-2-17)22-24-11-14-29-22/h1-8,15H,9-14,16H2,(H,27,28)/p-1. The van der Waals surface area contributed by atoms with Crippen LogP contribution in [0.1, 0.15) is 39.9 Å². The summed E-state index contributed by atoms with van der Waals surface area (Å²) in [7, 11) is 0. The minimum Gasteiger partial charge on any atom is -0.772 e. The molecule has 7 heteroatoms. The van der Waals surface area contributed by atoms with Crippen molar-refractivity contribution in [3.63, 3.8) is 0 Å². The van der Waals surface area contributed by atoms with Crippen molar-refractivity contribution in [1.29, 1.82) is 0 Å². The highest BCUT2D eigenvalue weighted by molar-refractivity contribution is 7.78. The zero-order valence-electron chi connectivity index (χ0n) is 16.6. The highest BCUT2D eigenvalue weighted by Gasteiger charge is 2.20. The summed E-state index contributed by atoms with van der Waals surface area (Å²) >= 11 is -2.13. The molecule has 0 aromatic heterocycles. The molecular weight excluding hydrogens is 400 g/mol. The molecule has 0 radical (unpaired) electrons. The Morgan fingerprint density at radius 1 is 1.10 bits per heavy atom. The molecule has 4 rings (SSSR count). The SMILES string of the molecule is O=C(c1ccc(CS(=O)[O-])cc1)N1CCC(=Cc2ccc(C3=NCCO3)cc2)CC1. The second-order valence-electron chi connectivity index (χ2n) is 7.40. The fourth-order valence-corrected chi connectivity index (χ4v) is 4.14. The Labute approximate surface area is 178 Å². The van der Waals surface area contributed by atoms with E-state index in [2.05, 4.69) is 23.2 Å². The second kappa shape index (κ2) is 9.36. The smallest absolute Gasteiger partial charge is 0.253 e. The molecular formula is C23H23N2O4S-. The first-order valence-electron chi connectivity index (χ1n) is 10.00. The second-order valence-corrected chi connectivity index (χ2v) is 8.29. The molecule has 156 valence electrons. The summed E-state index contributed by atoms with van der Waals surface area (Å²) < 4.78 is 27.1. The van der Waals surface area contributed by atoms with Gasteiger partial charge in [0, 0.05) is 30.0 Å². The van der Waals surface area contributed by atoms with Crippen molar-refractivity contribution >= 4 is 29.0 Å². The number of likely N-dealkylation sites (tertiary alicyclic amines) is 1. The first-order chi connectivity index (χ1) is 14.6. The fraction of sp³-hybridized carbons (Fsp3) is 0.304. The molecule has 1 fully saturated rings. The molecule has 30 heavy (non-hydrogen) atoms. The molecule has 6 nitrogen and oxygen atoms in total. The van der Waals surface area contributed by atoms with Gasteiger partial charge in [0.25, 0.3) is 5.91 Å². The van der Waals surface area contributed by atoms with Crippen molar-refractivity contribution in [2.75, 3.05) is 26.2 Å². The van der Waals surface area contributed by atoms with E-state index in [9.17, 15) is 13.6 Å². The van der Waals surface area contributed by atoms with Gasteiger partial charge in [-0.3, -0.25) is 9.00 Å². The van der Waals surface area contributed by atoms with Crippen LogP contribution in [-0.4, -0.2) is 51.7 Å². The zero-order chi connectivity index (χ0) is 20.9. The number of piperidine rings is 1. The molecule has 0 bridgehead atoms. The molecule has 0 aliphatic carbocycles.